The Balaban J connectivity index is 1.26. The molecule has 1 heterocycles. The van der Waals surface area contributed by atoms with Crippen LogP contribution in [0.1, 0.15) is 68.7 Å². The van der Waals surface area contributed by atoms with Crippen LogP contribution in [0.15, 0.2) is 42.5 Å². The number of hydrogen-bond acceptors (Lipinski definition) is 3. The predicted molar refractivity (Wildman–Crippen MR) is 117 cm³/mol. The van der Waals surface area contributed by atoms with Crippen LogP contribution in [0.5, 0.6) is 0 Å². The fraction of sp³-hybridized carbons (Fsp3) is 0.423. The third kappa shape index (κ3) is 2.86. The first-order valence-electron chi connectivity index (χ1n) is 11.4. The van der Waals surface area contributed by atoms with Gasteiger partial charge in [0.05, 0.1) is 16.8 Å². The van der Waals surface area contributed by atoms with Crippen molar-refractivity contribution in [2.24, 2.45) is 23.7 Å². The lowest BCUT2D eigenvalue weighted by molar-refractivity contribution is -0.0119. The van der Waals surface area contributed by atoms with Crippen LogP contribution in [0.4, 0.5) is 5.69 Å². The number of carbonyl (C=O) groups excluding carboxylic acids is 3. The molecule has 4 aliphatic carbocycles. The van der Waals surface area contributed by atoms with E-state index in [1.807, 2.05) is 25.1 Å². The number of imide groups is 1. The minimum Gasteiger partial charge on any atom is -0.349 e. The van der Waals surface area contributed by atoms with E-state index in [4.69, 9.17) is 0 Å². The average molecular weight is 415 g/mol. The smallest absolute Gasteiger partial charge is 0.266 e. The molecule has 0 atom stereocenters. The van der Waals surface area contributed by atoms with E-state index in [0.29, 0.717) is 34.2 Å². The van der Waals surface area contributed by atoms with Crippen molar-refractivity contribution in [2.75, 3.05) is 4.90 Å². The van der Waals surface area contributed by atoms with Gasteiger partial charge in [-0.1, -0.05) is 18.2 Å². The van der Waals surface area contributed by atoms with E-state index < -0.39 is 0 Å². The molecule has 5 nitrogen and oxygen atoms in total. The normalized spacial score (nSPS) is 30.6. The van der Waals surface area contributed by atoms with E-state index >= 15 is 0 Å². The maximum absolute atomic E-state index is 13.1. The quantitative estimate of drug-likeness (QED) is 0.760. The molecule has 4 bridgehead atoms. The maximum atomic E-state index is 13.1. The summed E-state index contributed by atoms with van der Waals surface area (Å²) < 4.78 is 0. The lowest BCUT2D eigenvalue weighted by Crippen LogP contribution is -2.55. The highest BCUT2D eigenvalue weighted by molar-refractivity contribution is 6.35. The van der Waals surface area contributed by atoms with Gasteiger partial charge in [-0.25, -0.2) is 4.90 Å². The van der Waals surface area contributed by atoms with Gasteiger partial charge in [0.1, 0.15) is 0 Å². The van der Waals surface area contributed by atoms with Gasteiger partial charge in [0, 0.05) is 11.6 Å². The van der Waals surface area contributed by atoms with E-state index in [-0.39, 0.29) is 23.8 Å². The molecule has 5 heteroatoms. The maximum Gasteiger partial charge on any atom is 0.266 e. The van der Waals surface area contributed by atoms with E-state index in [0.717, 1.165) is 17.4 Å². The average Bonchev–Trinajstić information content (AvgIpc) is 3.00. The van der Waals surface area contributed by atoms with E-state index in [2.05, 4.69) is 5.32 Å². The van der Waals surface area contributed by atoms with Gasteiger partial charge in [-0.2, -0.15) is 0 Å². The Hall–Kier alpha value is -2.95. The molecule has 158 valence electrons. The van der Waals surface area contributed by atoms with Crippen LogP contribution in [-0.4, -0.2) is 23.8 Å². The zero-order valence-electron chi connectivity index (χ0n) is 17.6. The lowest BCUT2D eigenvalue weighted by Gasteiger charge is -2.54. The first-order chi connectivity index (χ1) is 15.0. The van der Waals surface area contributed by atoms with Crippen molar-refractivity contribution in [1.29, 1.82) is 0 Å². The topological polar surface area (TPSA) is 66.5 Å². The van der Waals surface area contributed by atoms with Gasteiger partial charge >= 0.3 is 0 Å². The molecule has 5 aliphatic rings. The summed E-state index contributed by atoms with van der Waals surface area (Å²) in [6, 6.07) is 12.5. The third-order valence-electron chi connectivity index (χ3n) is 8.03. The Morgan fingerprint density at radius 3 is 2.19 bits per heavy atom. The number of benzene rings is 2. The summed E-state index contributed by atoms with van der Waals surface area (Å²) in [6.07, 6.45) is 6.33. The fourth-order valence-corrected chi connectivity index (χ4v) is 6.81. The largest absolute Gasteiger partial charge is 0.349 e. The SMILES string of the molecule is Cc1ccccc1N1C(=O)c2ccc(C(=O)NC3C4CC5CC(C4)CC3C5)cc2C1=O. The molecule has 0 unspecified atom stereocenters. The minimum atomic E-state index is -0.362. The first kappa shape index (κ1) is 18.8. The zero-order valence-corrected chi connectivity index (χ0v) is 17.6. The summed E-state index contributed by atoms with van der Waals surface area (Å²) in [5.41, 5.74) is 2.58. The van der Waals surface area contributed by atoms with Crippen LogP contribution >= 0.6 is 0 Å². The molecule has 4 saturated carbocycles. The second-order valence-corrected chi connectivity index (χ2v) is 9.92. The Kier molecular flexibility index (Phi) is 4.11. The number of hydrogen-bond donors (Lipinski definition) is 1. The van der Waals surface area contributed by atoms with Gasteiger partial charge in [0.15, 0.2) is 0 Å². The highest BCUT2D eigenvalue weighted by Crippen LogP contribution is 2.53. The lowest BCUT2D eigenvalue weighted by atomic mass is 9.54. The summed E-state index contributed by atoms with van der Waals surface area (Å²) in [7, 11) is 0. The van der Waals surface area contributed by atoms with Crippen LogP contribution in [-0.2, 0) is 0 Å². The molecule has 1 aliphatic heterocycles. The first-order valence-corrected chi connectivity index (χ1v) is 11.4. The molecule has 0 radical (unpaired) electrons. The van der Waals surface area contributed by atoms with Gasteiger partial charge in [-0.05, 0) is 92.5 Å². The fourth-order valence-electron chi connectivity index (χ4n) is 6.81. The third-order valence-corrected chi connectivity index (χ3v) is 8.03. The summed E-state index contributed by atoms with van der Waals surface area (Å²) in [5, 5.41) is 3.30. The molecule has 2 aromatic carbocycles. The molecule has 0 saturated heterocycles. The Labute approximate surface area is 181 Å². The molecule has 0 aromatic heterocycles. The van der Waals surface area contributed by atoms with Crippen molar-refractivity contribution in [1.82, 2.24) is 5.32 Å². The Morgan fingerprint density at radius 1 is 0.871 bits per heavy atom. The monoisotopic (exact) mass is 414 g/mol. The molecule has 7 rings (SSSR count). The molecule has 2 aromatic rings. The second-order valence-electron chi connectivity index (χ2n) is 9.92. The molecule has 4 fully saturated rings. The molecule has 0 spiro atoms. The Bertz CT molecular complexity index is 1090. The van der Waals surface area contributed by atoms with Crippen molar-refractivity contribution >= 4 is 23.4 Å². The van der Waals surface area contributed by atoms with Crippen molar-refractivity contribution in [3.63, 3.8) is 0 Å². The number of nitrogens with zero attached hydrogens (tertiary/aromatic N) is 1. The van der Waals surface area contributed by atoms with Gasteiger partial charge in [0.25, 0.3) is 17.7 Å². The predicted octanol–water partition coefficient (Wildman–Crippen LogP) is 4.35. The summed E-state index contributed by atoms with van der Waals surface area (Å²) in [6.45, 7) is 1.88. The van der Waals surface area contributed by atoms with Crippen LogP contribution in [0.25, 0.3) is 0 Å². The van der Waals surface area contributed by atoms with Gasteiger partial charge in [0.2, 0.25) is 0 Å². The highest BCUT2D eigenvalue weighted by Gasteiger charge is 2.48. The van der Waals surface area contributed by atoms with Crippen LogP contribution < -0.4 is 10.2 Å². The van der Waals surface area contributed by atoms with Crippen LogP contribution in [0.3, 0.4) is 0 Å². The number of carbonyl (C=O) groups is 3. The minimum absolute atomic E-state index is 0.130. The number of fused-ring (bicyclic) bond motifs is 1. The standard InChI is InChI=1S/C26H26N2O3/c1-14-4-2-3-5-22(14)28-25(30)20-7-6-17(13-21(20)26(28)31)24(29)27-23-18-9-15-8-16(11-18)12-19(23)10-15/h2-7,13,15-16,18-19,23H,8-12H2,1H3,(H,27,29). The van der Waals surface area contributed by atoms with E-state index in [9.17, 15) is 14.4 Å². The number of amides is 3. The highest BCUT2D eigenvalue weighted by atomic mass is 16.2. The summed E-state index contributed by atoms with van der Waals surface area (Å²) in [4.78, 5) is 40.4. The van der Waals surface area contributed by atoms with Crippen molar-refractivity contribution < 1.29 is 14.4 Å². The van der Waals surface area contributed by atoms with Crippen LogP contribution in [0.2, 0.25) is 0 Å². The van der Waals surface area contributed by atoms with Gasteiger partial charge in [-0.3, -0.25) is 14.4 Å². The van der Waals surface area contributed by atoms with Gasteiger partial charge < -0.3 is 5.32 Å². The van der Waals surface area contributed by atoms with Crippen LogP contribution in [0, 0.1) is 30.6 Å². The second kappa shape index (κ2) is 6.78. The van der Waals surface area contributed by atoms with E-state index in [1.165, 1.54) is 37.0 Å². The molecule has 31 heavy (non-hydrogen) atoms. The number of aryl methyl sites for hydroxylation is 1. The number of para-hydroxylation sites is 1. The molecular formula is C26H26N2O3. The summed E-state index contributed by atoms with van der Waals surface area (Å²) >= 11 is 0. The molecule has 3 amide bonds. The van der Waals surface area contributed by atoms with E-state index in [1.54, 1.807) is 24.3 Å². The van der Waals surface area contributed by atoms with Gasteiger partial charge in [-0.15, -0.1) is 0 Å². The Morgan fingerprint density at radius 2 is 1.52 bits per heavy atom. The number of nitrogens with one attached hydrogen (secondary N) is 1. The number of anilines is 1. The summed E-state index contributed by atoms with van der Waals surface area (Å²) in [5.74, 6) is 2.07. The molecular weight excluding hydrogens is 388 g/mol. The number of rotatable bonds is 3. The zero-order chi connectivity index (χ0) is 21.3. The van der Waals surface area contributed by atoms with Crippen molar-refractivity contribution in [2.45, 2.75) is 45.1 Å². The molecule has 1 N–H and O–H groups in total. The van der Waals surface area contributed by atoms with Crippen molar-refractivity contribution in [3.05, 3.63) is 64.7 Å². The van der Waals surface area contributed by atoms with Crippen molar-refractivity contribution in [3.8, 4) is 0 Å².